The van der Waals surface area contributed by atoms with Gasteiger partial charge in [0.05, 0.1) is 12.0 Å². The van der Waals surface area contributed by atoms with Crippen molar-refractivity contribution < 1.29 is 0 Å². The van der Waals surface area contributed by atoms with Crippen molar-refractivity contribution in [2.45, 2.75) is 12.3 Å². The van der Waals surface area contributed by atoms with Crippen molar-refractivity contribution in [2.75, 3.05) is 33.7 Å². The van der Waals surface area contributed by atoms with E-state index >= 15 is 0 Å². The quantitative estimate of drug-likeness (QED) is 0.728. The van der Waals surface area contributed by atoms with Crippen LogP contribution in [0.25, 0.3) is 0 Å². The molecule has 0 aliphatic rings. The highest BCUT2D eigenvalue weighted by molar-refractivity contribution is 5.25. The third kappa shape index (κ3) is 4.99. The highest BCUT2D eigenvalue weighted by Crippen LogP contribution is 2.15. The third-order valence-electron chi connectivity index (χ3n) is 2.82. The lowest BCUT2D eigenvalue weighted by atomic mass is 10.0. The molecule has 1 aromatic rings. The van der Waals surface area contributed by atoms with E-state index in [1.54, 1.807) is 0 Å². The van der Waals surface area contributed by atoms with E-state index in [1.165, 1.54) is 0 Å². The van der Waals surface area contributed by atoms with Crippen LogP contribution in [0.3, 0.4) is 0 Å². The van der Waals surface area contributed by atoms with Gasteiger partial charge in [0.25, 0.3) is 0 Å². The Kier molecular flexibility index (Phi) is 6.31. The summed E-state index contributed by atoms with van der Waals surface area (Å²) in [5.74, 6) is -0.0317. The largest absolute Gasteiger partial charge is 0.320 e. The fourth-order valence-electron chi connectivity index (χ4n) is 1.83. The van der Waals surface area contributed by atoms with Crippen molar-refractivity contribution in [1.29, 1.82) is 5.26 Å². The van der Waals surface area contributed by atoms with Gasteiger partial charge in [0.15, 0.2) is 0 Å². The van der Waals surface area contributed by atoms with E-state index in [2.05, 4.69) is 23.3 Å². The maximum absolute atomic E-state index is 9.21. The molecule has 17 heavy (non-hydrogen) atoms. The van der Waals surface area contributed by atoms with Crippen LogP contribution in [-0.2, 0) is 0 Å². The molecule has 0 bridgehead atoms. The summed E-state index contributed by atoms with van der Waals surface area (Å²) in [6, 6.07) is 12.4. The highest BCUT2D eigenvalue weighted by atomic mass is 15.1. The molecule has 0 saturated carbocycles. The van der Waals surface area contributed by atoms with Crippen LogP contribution in [0.1, 0.15) is 17.9 Å². The fourth-order valence-corrected chi connectivity index (χ4v) is 1.83. The summed E-state index contributed by atoms with van der Waals surface area (Å²) in [5.41, 5.74) is 1.11. The van der Waals surface area contributed by atoms with Gasteiger partial charge in [-0.2, -0.15) is 5.26 Å². The third-order valence-corrected chi connectivity index (χ3v) is 2.82. The van der Waals surface area contributed by atoms with Crippen LogP contribution < -0.4 is 5.32 Å². The fraction of sp³-hybridized carbons (Fsp3) is 0.500. The monoisotopic (exact) mass is 231 g/mol. The Labute approximate surface area is 104 Å². The minimum atomic E-state index is -0.0317. The number of hydrogen-bond acceptors (Lipinski definition) is 3. The maximum atomic E-state index is 9.21. The van der Waals surface area contributed by atoms with Gasteiger partial charge in [-0.1, -0.05) is 30.3 Å². The summed E-state index contributed by atoms with van der Waals surface area (Å²) >= 11 is 0. The molecule has 1 unspecified atom stereocenters. The topological polar surface area (TPSA) is 39.1 Å². The Morgan fingerprint density at radius 2 is 2.06 bits per heavy atom. The maximum Gasteiger partial charge on any atom is 0.0839 e. The molecule has 1 aromatic carbocycles. The number of benzene rings is 1. The smallest absolute Gasteiger partial charge is 0.0839 e. The van der Waals surface area contributed by atoms with Gasteiger partial charge in [-0.05, 0) is 39.2 Å². The van der Waals surface area contributed by atoms with Gasteiger partial charge in [0, 0.05) is 6.54 Å². The Morgan fingerprint density at radius 3 is 2.65 bits per heavy atom. The zero-order valence-electron chi connectivity index (χ0n) is 10.7. The summed E-state index contributed by atoms with van der Waals surface area (Å²) in [4.78, 5) is 2.22. The van der Waals surface area contributed by atoms with Crippen LogP contribution in [0.5, 0.6) is 0 Å². The Balaban J connectivity index is 2.45. The van der Waals surface area contributed by atoms with Crippen molar-refractivity contribution >= 4 is 0 Å². The summed E-state index contributed by atoms with van der Waals surface area (Å²) < 4.78 is 0. The van der Waals surface area contributed by atoms with Gasteiger partial charge in [-0.25, -0.2) is 0 Å². The zero-order chi connectivity index (χ0) is 12.5. The minimum Gasteiger partial charge on any atom is -0.320 e. The molecule has 0 radical (unpaired) electrons. The summed E-state index contributed by atoms with van der Waals surface area (Å²) in [7, 11) is 4.03. The molecule has 0 spiro atoms. The average Bonchev–Trinajstić information content (AvgIpc) is 2.37. The van der Waals surface area contributed by atoms with Gasteiger partial charge in [-0.3, -0.25) is 0 Å². The highest BCUT2D eigenvalue weighted by Gasteiger charge is 2.12. The second-order valence-corrected chi connectivity index (χ2v) is 4.31. The average molecular weight is 231 g/mol. The molecule has 3 nitrogen and oxygen atoms in total. The van der Waals surface area contributed by atoms with Crippen LogP contribution >= 0.6 is 0 Å². The number of likely N-dealkylation sites (N-methyl/N-ethyl adjacent to an activating group) is 1. The molecule has 1 rings (SSSR count). The molecule has 0 fully saturated rings. The van der Waals surface area contributed by atoms with E-state index in [4.69, 9.17) is 0 Å². The lowest BCUT2D eigenvalue weighted by molar-refractivity contribution is 0.322. The lowest BCUT2D eigenvalue weighted by Gasteiger charge is -2.19. The normalized spacial score (nSPS) is 12.4. The standard InChI is InChI=1S/C14H21N3/c1-16-9-6-10-17(2)12-14(11-15)13-7-4-3-5-8-13/h3-5,7-8,14,16H,6,9-10,12H2,1-2H3. The number of nitrogens with one attached hydrogen (secondary N) is 1. The first-order valence-electron chi connectivity index (χ1n) is 6.05. The molecule has 0 saturated heterocycles. The predicted molar refractivity (Wildman–Crippen MR) is 70.8 cm³/mol. The van der Waals surface area contributed by atoms with Gasteiger partial charge in [-0.15, -0.1) is 0 Å². The first-order chi connectivity index (χ1) is 8.27. The molecular formula is C14H21N3. The van der Waals surface area contributed by atoms with Crippen molar-refractivity contribution in [1.82, 2.24) is 10.2 Å². The first-order valence-corrected chi connectivity index (χ1v) is 6.05. The van der Waals surface area contributed by atoms with E-state index in [9.17, 15) is 5.26 Å². The van der Waals surface area contributed by atoms with Gasteiger partial charge < -0.3 is 10.2 Å². The number of hydrogen-bond donors (Lipinski definition) is 1. The van der Waals surface area contributed by atoms with Crippen LogP contribution in [0, 0.1) is 11.3 Å². The van der Waals surface area contributed by atoms with E-state index in [1.807, 2.05) is 37.4 Å². The van der Waals surface area contributed by atoms with E-state index < -0.39 is 0 Å². The molecule has 92 valence electrons. The molecule has 0 aliphatic heterocycles. The first kappa shape index (κ1) is 13.7. The molecule has 1 N–H and O–H groups in total. The van der Waals surface area contributed by atoms with Crippen molar-refractivity contribution in [3.05, 3.63) is 35.9 Å². The SMILES string of the molecule is CNCCCN(C)CC(C#N)c1ccccc1. The summed E-state index contributed by atoms with van der Waals surface area (Å²) in [5, 5.41) is 12.3. The van der Waals surface area contributed by atoms with Gasteiger partial charge >= 0.3 is 0 Å². The summed E-state index contributed by atoms with van der Waals surface area (Å²) in [6.07, 6.45) is 1.11. The number of nitriles is 1. The van der Waals surface area contributed by atoms with Crippen LogP contribution in [0.2, 0.25) is 0 Å². The van der Waals surface area contributed by atoms with E-state index in [0.29, 0.717) is 0 Å². The lowest BCUT2D eigenvalue weighted by Crippen LogP contribution is -2.27. The van der Waals surface area contributed by atoms with Crippen molar-refractivity contribution in [3.8, 4) is 6.07 Å². The Bertz CT molecular complexity index is 342. The van der Waals surface area contributed by atoms with E-state index in [-0.39, 0.29) is 5.92 Å². The molecule has 1 atom stereocenters. The Hall–Kier alpha value is -1.37. The second kappa shape index (κ2) is 7.83. The Morgan fingerprint density at radius 1 is 1.35 bits per heavy atom. The predicted octanol–water partition coefficient (Wildman–Crippen LogP) is 1.84. The van der Waals surface area contributed by atoms with Crippen molar-refractivity contribution in [2.24, 2.45) is 0 Å². The molecule has 3 heteroatoms. The molecule has 0 aromatic heterocycles. The number of rotatable bonds is 7. The summed E-state index contributed by atoms with van der Waals surface area (Å²) in [6.45, 7) is 2.84. The second-order valence-electron chi connectivity index (χ2n) is 4.31. The van der Waals surface area contributed by atoms with Crippen molar-refractivity contribution in [3.63, 3.8) is 0 Å². The van der Waals surface area contributed by atoms with Crippen LogP contribution in [-0.4, -0.2) is 38.6 Å². The minimum absolute atomic E-state index is 0.0317. The van der Waals surface area contributed by atoms with E-state index in [0.717, 1.165) is 31.6 Å². The molecular weight excluding hydrogens is 210 g/mol. The number of nitrogens with zero attached hydrogens (tertiary/aromatic N) is 2. The zero-order valence-corrected chi connectivity index (χ0v) is 10.7. The molecule has 0 aliphatic carbocycles. The van der Waals surface area contributed by atoms with Crippen LogP contribution in [0.4, 0.5) is 0 Å². The van der Waals surface area contributed by atoms with Gasteiger partial charge in [0.2, 0.25) is 0 Å². The molecule has 0 heterocycles. The molecule has 0 amide bonds. The van der Waals surface area contributed by atoms with Crippen LogP contribution in [0.15, 0.2) is 30.3 Å². The van der Waals surface area contributed by atoms with Gasteiger partial charge in [0.1, 0.15) is 0 Å².